The quantitative estimate of drug-likeness (QED) is 0.878. The third-order valence-electron chi connectivity index (χ3n) is 4.53. The summed E-state index contributed by atoms with van der Waals surface area (Å²) in [5, 5.41) is 6.43. The monoisotopic (exact) mass is 322 g/mol. The lowest BCUT2D eigenvalue weighted by molar-refractivity contribution is -0.118. The molecule has 1 aliphatic carbocycles. The normalized spacial score (nSPS) is 24.2. The van der Waals surface area contributed by atoms with E-state index in [0.717, 1.165) is 48.1 Å². The standard InChI is InChI=1S/C15H19BrN2O/c1-10-8-11(2-3-13(10)16)18-14(19)12-9-15(12)4-6-17-7-5-15/h2-3,8,12,17H,4-7,9H2,1H3,(H,18,19). The van der Waals surface area contributed by atoms with Crippen molar-refractivity contribution in [2.45, 2.75) is 26.2 Å². The smallest absolute Gasteiger partial charge is 0.228 e. The van der Waals surface area contributed by atoms with Crippen LogP contribution in [0.25, 0.3) is 0 Å². The second-order valence-electron chi connectivity index (χ2n) is 5.82. The van der Waals surface area contributed by atoms with E-state index in [1.165, 1.54) is 0 Å². The molecular weight excluding hydrogens is 304 g/mol. The Bertz CT molecular complexity index is 509. The number of amides is 1. The van der Waals surface area contributed by atoms with Crippen molar-refractivity contribution in [3.05, 3.63) is 28.2 Å². The van der Waals surface area contributed by atoms with Gasteiger partial charge in [-0.15, -0.1) is 0 Å². The molecule has 1 unspecified atom stereocenters. The number of carbonyl (C=O) groups is 1. The van der Waals surface area contributed by atoms with Crippen molar-refractivity contribution in [3.8, 4) is 0 Å². The summed E-state index contributed by atoms with van der Waals surface area (Å²) in [6.45, 7) is 4.15. The lowest BCUT2D eigenvalue weighted by Gasteiger charge is -2.23. The maximum absolute atomic E-state index is 12.3. The van der Waals surface area contributed by atoms with Gasteiger partial charge >= 0.3 is 0 Å². The van der Waals surface area contributed by atoms with Crippen molar-refractivity contribution >= 4 is 27.5 Å². The van der Waals surface area contributed by atoms with Gasteiger partial charge in [0.05, 0.1) is 0 Å². The van der Waals surface area contributed by atoms with Gasteiger partial charge in [-0.2, -0.15) is 0 Å². The Balaban J connectivity index is 1.64. The Morgan fingerprint density at radius 2 is 2.16 bits per heavy atom. The van der Waals surface area contributed by atoms with E-state index in [1.54, 1.807) is 0 Å². The van der Waals surface area contributed by atoms with Gasteiger partial charge in [0.2, 0.25) is 5.91 Å². The van der Waals surface area contributed by atoms with Gasteiger partial charge in [0, 0.05) is 16.1 Å². The Morgan fingerprint density at radius 1 is 1.42 bits per heavy atom. The predicted molar refractivity (Wildman–Crippen MR) is 80.2 cm³/mol. The van der Waals surface area contributed by atoms with Crippen LogP contribution in [0.3, 0.4) is 0 Å². The number of rotatable bonds is 2. The maximum atomic E-state index is 12.3. The summed E-state index contributed by atoms with van der Waals surface area (Å²) in [4.78, 5) is 12.3. The first-order valence-corrected chi connectivity index (χ1v) is 7.68. The van der Waals surface area contributed by atoms with Crippen molar-refractivity contribution in [1.82, 2.24) is 5.32 Å². The van der Waals surface area contributed by atoms with Crippen LogP contribution >= 0.6 is 15.9 Å². The van der Waals surface area contributed by atoms with Crippen LogP contribution in [0.1, 0.15) is 24.8 Å². The highest BCUT2D eigenvalue weighted by atomic mass is 79.9. The van der Waals surface area contributed by atoms with Crippen LogP contribution in [0, 0.1) is 18.3 Å². The van der Waals surface area contributed by atoms with Gasteiger partial charge in [-0.25, -0.2) is 0 Å². The second kappa shape index (κ2) is 4.91. The number of aryl methyl sites for hydroxylation is 1. The Kier molecular flexibility index (Phi) is 3.39. The molecule has 0 aromatic heterocycles. The Morgan fingerprint density at radius 3 is 2.84 bits per heavy atom. The van der Waals surface area contributed by atoms with Crippen molar-refractivity contribution in [2.75, 3.05) is 18.4 Å². The maximum Gasteiger partial charge on any atom is 0.228 e. The molecule has 1 saturated carbocycles. The summed E-state index contributed by atoms with van der Waals surface area (Å²) >= 11 is 3.47. The van der Waals surface area contributed by atoms with Gasteiger partial charge in [-0.05, 0) is 68.5 Å². The van der Waals surface area contributed by atoms with E-state index in [0.29, 0.717) is 5.41 Å². The molecule has 1 aromatic carbocycles. The lowest BCUT2D eigenvalue weighted by atomic mass is 9.92. The summed E-state index contributed by atoms with van der Waals surface area (Å²) in [6.07, 6.45) is 3.35. The SMILES string of the molecule is Cc1cc(NC(=O)C2CC23CCNCC3)ccc1Br. The van der Waals surface area contributed by atoms with Crippen molar-refractivity contribution in [3.63, 3.8) is 0 Å². The molecule has 4 heteroatoms. The second-order valence-corrected chi connectivity index (χ2v) is 6.68. The minimum Gasteiger partial charge on any atom is -0.326 e. The zero-order valence-electron chi connectivity index (χ0n) is 11.1. The first-order chi connectivity index (χ1) is 9.11. The van der Waals surface area contributed by atoms with Crippen molar-refractivity contribution in [2.24, 2.45) is 11.3 Å². The summed E-state index contributed by atoms with van der Waals surface area (Å²) in [7, 11) is 0. The number of anilines is 1. The number of halogens is 1. The molecule has 1 amide bonds. The van der Waals surface area contributed by atoms with Gasteiger partial charge in [-0.3, -0.25) is 4.79 Å². The molecule has 2 fully saturated rings. The zero-order valence-corrected chi connectivity index (χ0v) is 12.7. The van der Waals surface area contributed by atoms with Crippen LogP contribution in [0.4, 0.5) is 5.69 Å². The van der Waals surface area contributed by atoms with E-state index >= 15 is 0 Å². The van der Waals surface area contributed by atoms with Crippen LogP contribution in [-0.2, 0) is 4.79 Å². The van der Waals surface area contributed by atoms with E-state index in [1.807, 2.05) is 25.1 Å². The fourth-order valence-corrected chi connectivity index (χ4v) is 3.39. The predicted octanol–water partition coefficient (Wildman–Crippen LogP) is 3.09. The minimum atomic E-state index is 0.198. The molecule has 19 heavy (non-hydrogen) atoms. The Hall–Kier alpha value is -0.870. The highest BCUT2D eigenvalue weighted by molar-refractivity contribution is 9.10. The number of hydrogen-bond acceptors (Lipinski definition) is 2. The minimum absolute atomic E-state index is 0.198. The van der Waals surface area contributed by atoms with Gasteiger partial charge in [0.1, 0.15) is 0 Å². The average molecular weight is 323 g/mol. The van der Waals surface area contributed by atoms with Crippen LogP contribution in [0.5, 0.6) is 0 Å². The van der Waals surface area contributed by atoms with Gasteiger partial charge in [0.15, 0.2) is 0 Å². The van der Waals surface area contributed by atoms with E-state index < -0.39 is 0 Å². The molecule has 2 aliphatic rings. The highest BCUT2D eigenvalue weighted by Crippen LogP contribution is 2.58. The average Bonchev–Trinajstić information content (AvgIpc) is 3.08. The van der Waals surface area contributed by atoms with Crippen LogP contribution in [0.2, 0.25) is 0 Å². The molecule has 2 N–H and O–H groups in total. The molecule has 0 bridgehead atoms. The van der Waals surface area contributed by atoms with Gasteiger partial charge in [0.25, 0.3) is 0 Å². The molecule has 3 nitrogen and oxygen atoms in total. The number of nitrogens with one attached hydrogen (secondary N) is 2. The summed E-state index contributed by atoms with van der Waals surface area (Å²) in [5.41, 5.74) is 2.35. The fraction of sp³-hybridized carbons (Fsp3) is 0.533. The van der Waals surface area contributed by atoms with Crippen LogP contribution in [0.15, 0.2) is 22.7 Å². The molecule has 1 aliphatic heterocycles. The van der Waals surface area contributed by atoms with Crippen LogP contribution < -0.4 is 10.6 Å². The number of hydrogen-bond donors (Lipinski definition) is 2. The zero-order chi connectivity index (χ0) is 13.5. The topological polar surface area (TPSA) is 41.1 Å². The molecule has 3 rings (SSSR count). The Labute approximate surface area is 122 Å². The van der Waals surface area contributed by atoms with Gasteiger partial charge < -0.3 is 10.6 Å². The van der Waals surface area contributed by atoms with Crippen molar-refractivity contribution < 1.29 is 4.79 Å². The first kappa shape index (κ1) is 13.1. The molecule has 1 saturated heterocycles. The molecule has 102 valence electrons. The largest absolute Gasteiger partial charge is 0.326 e. The molecule has 1 aromatic rings. The van der Waals surface area contributed by atoms with E-state index in [9.17, 15) is 4.79 Å². The molecule has 1 spiro atoms. The fourth-order valence-electron chi connectivity index (χ4n) is 3.15. The summed E-state index contributed by atoms with van der Waals surface area (Å²) < 4.78 is 1.08. The van der Waals surface area contributed by atoms with E-state index in [4.69, 9.17) is 0 Å². The van der Waals surface area contributed by atoms with E-state index in [2.05, 4.69) is 26.6 Å². The lowest BCUT2D eigenvalue weighted by Crippen LogP contribution is -2.31. The molecule has 1 atom stereocenters. The third kappa shape index (κ3) is 2.56. The number of benzene rings is 1. The van der Waals surface area contributed by atoms with E-state index in [-0.39, 0.29) is 11.8 Å². The highest BCUT2D eigenvalue weighted by Gasteiger charge is 2.57. The van der Waals surface area contributed by atoms with Crippen LogP contribution in [-0.4, -0.2) is 19.0 Å². The molecular formula is C15H19BrN2O. The number of carbonyl (C=O) groups excluding carboxylic acids is 1. The summed E-state index contributed by atoms with van der Waals surface area (Å²) in [6, 6.07) is 5.95. The van der Waals surface area contributed by atoms with Gasteiger partial charge in [-0.1, -0.05) is 15.9 Å². The molecule has 0 radical (unpaired) electrons. The molecule has 1 heterocycles. The number of piperidine rings is 1. The summed E-state index contributed by atoms with van der Waals surface area (Å²) in [5.74, 6) is 0.419. The first-order valence-electron chi connectivity index (χ1n) is 6.88. The van der Waals surface area contributed by atoms with Crippen molar-refractivity contribution in [1.29, 1.82) is 0 Å². The third-order valence-corrected chi connectivity index (χ3v) is 5.42.